The first-order valence-electron chi connectivity index (χ1n) is 13.4. The van der Waals surface area contributed by atoms with E-state index in [0.29, 0.717) is 16.7 Å². The number of hydrogen-bond donors (Lipinski definition) is 1. The van der Waals surface area contributed by atoms with Gasteiger partial charge in [0.15, 0.2) is 0 Å². The Bertz CT molecular complexity index is 906. The van der Waals surface area contributed by atoms with Crippen molar-refractivity contribution in [2.45, 2.75) is 113 Å². The molecule has 1 N–H and O–H groups in total. The largest absolute Gasteiger partial charge is 0.481 e. The Morgan fingerprint density at radius 3 is 2.28 bits per heavy atom. The van der Waals surface area contributed by atoms with E-state index >= 15 is 0 Å². The number of carbonyl (C=O) groups is 1. The third-order valence-corrected chi connectivity index (χ3v) is 12.2. The van der Waals surface area contributed by atoms with Crippen LogP contribution in [-0.2, 0) is 4.79 Å². The Hall–Kier alpha value is -1.05. The summed E-state index contributed by atoms with van der Waals surface area (Å²) in [5.74, 6) is 0.819. The van der Waals surface area contributed by atoms with Crippen molar-refractivity contribution in [1.29, 1.82) is 0 Å². The molecular formula is C30H46O2. The fourth-order valence-electron chi connectivity index (χ4n) is 10.0. The van der Waals surface area contributed by atoms with E-state index in [1.54, 1.807) is 0 Å². The molecule has 5 aliphatic carbocycles. The van der Waals surface area contributed by atoms with Gasteiger partial charge in [-0.1, -0.05) is 67.0 Å². The normalized spacial score (nSPS) is 48.8. The van der Waals surface area contributed by atoms with Crippen LogP contribution in [0, 0.1) is 44.3 Å². The highest BCUT2D eigenvalue weighted by Gasteiger charge is 2.66. The molecule has 0 saturated heterocycles. The summed E-state index contributed by atoms with van der Waals surface area (Å²) in [6.07, 6.45) is 16.3. The number of carboxylic acids is 1. The van der Waals surface area contributed by atoms with E-state index in [1.165, 1.54) is 43.3 Å². The van der Waals surface area contributed by atoms with E-state index in [0.717, 1.165) is 38.0 Å². The third kappa shape index (κ3) is 2.67. The molecule has 0 aromatic carbocycles. The van der Waals surface area contributed by atoms with E-state index in [2.05, 4.69) is 60.6 Å². The van der Waals surface area contributed by atoms with Crippen molar-refractivity contribution < 1.29 is 9.90 Å². The average Bonchev–Trinajstić information content (AvgIpc) is 2.67. The molecule has 6 atom stereocenters. The van der Waals surface area contributed by atoms with E-state index < -0.39 is 11.4 Å². The Morgan fingerprint density at radius 2 is 1.59 bits per heavy atom. The maximum absolute atomic E-state index is 12.7. The maximum atomic E-state index is 12.7. The van der Waals surface area contributed by atoms with E-state index in [4.69, 9.17) is 0 Å². The van der Waals surface area contributed by atoms with Crippen LogP contribution in [0.5, 0.6) is 0 Å². The lowest BCUT2D eigenvalue weighted by atomic mass is 9.35. The van der Waals surface area contributed by atoms with Gasteiger partial charge < -0.3 is 5.11 Å². The molecule has 0 aromatic heterocycles. The van der Waals surface area contributed by atoms with Gasteiger partial charge in [-0.25, -0.2) is 0 Å². The van der Waals surface area contributed by atoms with Gasteiger partial charge in [-0.15, -0.1) is 0 Å². The SMILES string of the molecule is CC1(C)CC[C@]2(C(=O)O)CC[C@]3(C)C(=C2C1)C=C[C@@H]1[C@@]2(C)CCCC(C)(C)C2CC[C@]13C. The van der Waals surface area contributed by atoms with Crippen LogP contribution in [0.25, 0.3) is 0 Å². The topological polar surface area (TPSA) is 37.3 Å². The van der Waals surface area contributed by atoms with Crippen LogP contribution in [0.15, 0.2) is 23.3 Å². The first kappa shape index (κ1) is 22.7. The van der Waals surface area contributed by atoms with Crippen LogP contribution >= 0.6 is 0 Å². The van der Waals surface area contributed by atoms with Crippen molar-refractivity contribution in [3.63, 3.8) is 0 Å². The summed E-state index contributed by atoms with van der Waals surface area (Å²) in [6, 6.07) is 0. The summed E-state index contributed by atoms with van der Waals surface area (Å²) < 4.78 is 0. The Morgan fingerprint density at radius 1 is 0.906 bits per heavy atom. The fourth-order valence-corrected chi connectivity index (χ4v) is 10.0. The highest BCUT2D eigenvalue weighted by atomic mass is 16.4. The predicted octanol–water partition coefficient (Wildman–Crippen LogP) is 8.18. The third-order valence-electron chi connectivity index (χ3n) is 12.2. The standard InChI is InChI=1S/C30H46O2/c1-25(2)15-17-30(24(31)32)18-16-28(6)20(21(30)19-25)9-10-23-27(5)13-8-12-26(3,4)22(27)11-14-29(23,28)7/h9-10,22-23H,8,11-19H2,1-7H3,(H,31,32)/t22?,23-,27+,28-,29-,30+/m1/s1. The molecule has 0 amide bonds. The number of allylic oxidation sites excluding steroid dienone is 3. The molecule has 0 aromatic rings. The minimum Gasteiger partial charge on any atom is -0.481 e. The van der Waals surface area contributed by atoms with Gasteiger partial charge in [-0.05, 0) is 108 Å². The minimum atomic E-state index is -0.619. The molecule has 178 valence electrons. The van der Waals surface area contributed by atoms with E-state index in [-0.39, 0.29) is 16.2 Å². The van der Waals surface area contributed by atoms with Crippen molar-refractivity contribution >= 4 is 5.97 Å². The van der Waals surface area contributed by atoms with Gasteiger partial charge in [0, 0.05) is 0 Å². The zero-order chi connectivity index (χ0) is 23.4. The number of fused-ring (bicyclic) bond motifs is 6. The van der Waals surface area contributed by atoms with Crippen LogP contribution in [0.4, 0.5) is 0 Å². The Labute approximate surface area is 196 Å². The molecule has 5 aliphatic rings. The van der Waals surface area contributed by atoms with Gasteiger partial charge in [0.2, 0.25) is 0 Å². The van der Waals surface area contributed by atoms with Crippen LogP contribution in [0.3, 0.4) is 0 Å². The monoisotopic (exact) mass is 438 g/mol. The van der Waals surface area contributed by atoms with Gasteiger partial charge >= 0.3 is 5.97 Å². The van der Waals surface area contributed by atoms with Crippen LogP contribution in [-0.4, -0.2) is 11.1 Å². The van der Waals surface area contributed by atoms with Crippen molar-refractivity contribution in [3.05, 3.63) is 23.3 Å². The summed E-state index contributed by atoms with van der Waals surface area (Å²) in [7, 11) is 0. The smallest absolute Gasteiger partial charge is 0.313 e. The number of rotatable bonds is 1. The molecule has 0 spiro atoms. The van der Waals surface area contributed by atoms with Crippen LogP contribution in [0.1, 0.15) is 113 Å². The van der Waals surface area contributed by atoms with E-state index in [1.807, 2.05) is 0 Å². The second-order valence-electron chi connectivity index (χ2n) is 14.6. The fraction of sp³-hybridized carbons (Fsp3) is 0.833. The van der Waals surface area contributed by atoms with Crippen LogP contribution in [0.2, 0.25) is 0 Å². The highest BCUT2D eigenvalue weighted by Crippen LogP contribution is 2.74. The summed E-state index contributed by atoms with van der Waals surface area (Å²) in [5.41, 5.74) is 3.39. The number of hydrogen-bond acceptors (Lipinski definition) is 1. The molecule has 0 radical (unpaired) electrons. The summed E-state index contributed by atoms with van der Waals surface area (Å²) >= 11 is 0. The second-order valence-corrected chi connectivity index (χ2v) is 14.6. The van der Waals surface area contributed by atoms with Gasteiger partial charge in [0.1, 0.15) is 0 Å². The average molecular weight is 439 g/mol. The first-order chi connectivity index (χ1) is 14.7. The molecule has 0 aliphatic heterocycles. The lowest BCUT2D eigenvalue weighted by Crippen LogP contribution is -2.61. The van der Waals surface area contributed by atoms with Crippen molar-refractivity contribution in [3.8, 4) is 0 Å². The van der Waals surface area contributed by atoms with Crippen LogP contribution < -0.4 is 0 Å². The van der Waals surface area contributed by atoms with Gasteiger partial charge in [-0.2, -0.15) is 0 Å². The van der Waals surface area contributed by atoms with Crippen molar-refractivity contribution in [2.75, 3.05) is 0 Å². The molecule has 0 bridgehead atoms. The lowest BCUT2D eigenvalue weighted by molar-refractivity contribution is -0.160. The van der Waals surface area contributed by atoms with Gasteiger partial charge in [-0.3, -0.25) is 4.79 Å². The Kier molecular flexibility index (Phi) is 4.65. The molecule has 32 heavy (non-hydrogen) atoms. The second kappa shape index (κ2) is 6.54. The number of aliphatic carboxylic acids is 1. The van der Waals surface area contributed by atoms with Gasteiger partial charge in [0.25, 0.3) is 0 Å². The lowest BCUT2D eigenvalue weighted by Gasteiger charge is -2.68. The summed E-state index contributed by atoms with van der Waals surface area (Å²) in [5, 5.41) is 10.5. The number of carboxylic acid groups (broad SMARTS) is 1. The molecule has 0 heterocycles. The molecule has 3 saturated carbocycles. The van der Waals surface area contributed by atoms with Crippen molar-refractivity contribution in [1.82, 2.24) is 0 Å². The van der Waals surface area contributed by atoms with Gasteiger partial charge in [0.05, 0.1) is 5.41 Å². The minimum absolute atomic E-state index is 0.0870. The zero-order valence-corrected chi connectivity index (χ0v) is 21.7. The predicted molar refractivity (Wildman–Crippen MR) is 131 cm³/mol. The molecule has 5 rings (SSSR count). The first-order valence-corrected chi connectivity index (χ1v) is 13.4. The molecule has 1 unspecified atom stereocenters. The summed E-state index contributed by atoms with van der Waals surface area (Å²) in [6.45, 7) is 17.4. The highest BCUT2D eigenvalue weighted by molar-refractivity contribution is 5.80. The molecule has 3 fully saturated rings. The van der Waals surface area contributed by atoms with Crippen molar-refractivity contribution in [2.24, 2.45) is 44.3 Å². The zero-order valence-electron chi connectivity index (χ0n) is 21.7. The summed E-state index contributed by atoms with van der Waals surface area (Å²) in [4.78, 5) is 12.7. The van der Waals surface area contributed by atoms with E-state index in [9.17, 15) is 9.90 Å². The Balaban J connectivity index is 1.69. The maximum Gasteiger partial charge on any atom is 0.313 e. The molecule has 2 nitrogen and oxygen atoms in total. The quantitative estimate of drug-likeness (QED) is 0.448. The molecule has 2 heteroatoms. The molecular weight excluding hydrogens is 392 g/mol.